The zero-order valence-electron chi connectivity index (χ0n) is 13.2. The van der Waals surface area contributed by atoms with E-state index in [9.17, 15) is 0 Å². The quantitative estimate of drug-likeness (QED) is 0.618. The zero-order valence-corrected chi connectivity index (χ0v) is 13.2. The van der Waals surface area contributed by atoms with E-state index < -0.39 is 0 Å². The van der Waals surface area contributed by atoms with Crippen LogP contribution in [0.1, 0.15) is 59.3 Å². The van der Waals surface area contributed by atoms with Gasteiger partial charge in [0.25, 0.3) is 0 Å². The average molecular weight is 271 g/mol. The molecular weight excluding hydrogens is 238 g/mol. The number of rotatable bonds is 10. The summed E-state index contributed by atoms with van der Waals surface area (Å²) in [6.45, 7) is 11.1. The summed E-state index contributed by atoms with van der Waals surface area (Å²) < 4.78 is 11.8. The van der Waals surface area contributed by atoms with Crippen LogP contribution < -0.4 is 5.32 Å². The van der Waals surface area contributed by atoms with Crippen molar-refractivity contribution in [3.05, 3.63) is 0 Å². The molecule has 3 heteroatoms. The predicted molar refractivity (Wildman–Crippen MR) is 80.6 cm³/mol. The molecule has 0 saturated heterocycles. The van der Waals surface area contributed by atoms with Gasteiger partial charge in [0.05, 0.1) is 18.8 Å². The minimum atomic E-state index is 0.0579. The van der Waals surface area contributed by atoms with Gasteiger partial charge < -0.3 is 14.8 Å². The fourth-order valence-corrected chi connectivity index (χ4v) is 3.01. The van der Waals surface area contributed by atoms with E-state index in [1.807, 2.05) is 0 Å². The molecule has 3 nitrogen and oxygen atoms in total. The van der Waals surface area contributed by atoms with Crippen LogP contribution in [-0.4, -0.2) is 38.5 Å². The highest BCUT2D eigenvalue weighted by Crippen LogP contribution is 2.34. The first-order valence-electron chi connectivity index (χ1n) is 8.15. The van der Waals surface area contributed by atoms with Gasteiger partial charge in [-0.2, -0.15) is 0 Å². The molecule has 2 unspecified atom stereocenters. The van der Waals surface area contributed by atoms with Crippen LogP contribution in [0.4, 0.5) is 0 Å². The monoisotopic (exact) mass is 271 g/mol. The Hall–Kier alpha value is -0.120. The van der Waals surface area contributed by atoms with E-state index in [1.165, 1.54) is 32.1 Å². The van der Waals surface area contributed by atoms with Crippen molar-refractivity contribution >= 4 is 0 Å². The van der Waals surface area contributed by atoms with Crippen molar-refractivity contribution in [3.63, 3.8) is 0 Å². The highest BCUT2D eigenvalue weighted by Gasteiger charge is 2.35. The Morgan fingerprint density at radius 3 is 2.68 bits per heavy atom. The van der Waals surface area contributed by atoms with Gasteiger partial charge in [-0.15, -0.1) is 0 Å². The number of ether oxygens (including phenoxy) is 2. The molecule has 0 heterocycles. The molecule has 1 aliphatic carbocycles. The Kier molecular flexibility index (Phi) is 8.67. The second-order valence-corrected chi connectivity index (χ2v) is 6.02. The lowest BCUT2D eigenvalue weighted by Crippen LogP contribution is -2.47. The standard InChI is InChI=1S/C16H33NO2/c1-4-9-17-14-16(8-6-7-15(3)13-16)19-12-11-18-10-5-2/h15,17H,4-14H2,1-3H3. The lowest BCUT2D eigenvalue weighted by Gasteiger charge is -2.40. The molecule has 0 aromatic heterocycles. The third-order valence-corrected chi connectivity index (χ3v) is 3.91. The topological polar surface area (TPSA) is 30.5 Å². The second kappa shape index (κ2) is 9.73. The fraction of sp³-hybridized carbons (Fsp3) is 1.00. The molecule has 19 heavy (non-hydrogen) atoms. The van der Waals surface area contributed by atoms with E-state index in [4.69, 9.17) is 9.47 Å². The molecule has 0 aromatic carbocycles. The van der Waals surface area contributed by atoms with Crippen LogP contribution in [0, 0.1) is 5.92 Å². The van der Waals surface area contributed by atoms with Gasteiger partial charge in [0.15, 0.2) is 0 Å². The van der Waals surface area contributed by atoms with E-state index in [0.717, 1.165) is 45.2 Å². The van der Waals surface area contributed by atoms with Gasteiger partial charge >= 0.3 is 0 Å². The minimum absolute atomic E-state index is 0.0579. The highest BCUT2D eigenvalue weighted by atomic mass is 16.5. The smallest absolute Gasteiger partial charge is 0.0810 e. The fourth-order valence-electron chi connectivity index (χ4n) is 3.01. The zero-order chi connectivity index (χ0) is 14.0. The van der Waals surface area contributed by atoms with Crippen LogP contribution in [0.25, 0.3) is 0 Å². The van der Waals surface area contributed by atoms with E-state index in [1.54, 1.807) is 0 Å². The molecule has 2 atom stereocenters. The average Bonchev–Trinajstić information content (AvgIpc) is 2.39. The molecule has 0 aliphatic heterocycles. The molecule has 0 radical (unpaired) electrons. The summed E-state index contributed by atoms with van der Waals surface area (Å²) in [5, 5.41) is 3.55. The molecule has 0 spiro atoms. The van der Waals surface area contributed by atoms with E-state index in [0.29, 0.717) is 0 Å². The van der Waals surface area contributed by atoms with Crippen LogP contribution in [-0.2, 0) is 9.47 Å². The number of nitrogens with one attached hydrogen (secondary N) is 1. The SMILES string of the molecule is CCCNCC1(OCCOCCC)CCCC(C)C1. The van der Waals surface area contributed by atoms with Crippen LogP contribution in [0.5, 0.6) is 0 Å². The molecule has 0 amide bonds. The summed E-state index contributed by atoms with van der Waals surface area (Å²) in [5.74, 6) is 0.786. The summed E-state index contributed by atoms with van der Waals surface area (Å²) in [6.07, 6.45) is 7.31. The Balaban J connectivity index is 2.35. The Morgan fingerprint density at radius 2 is 2.00 bits per heavy atom. The third-order valence-electron chi connectivity index (χ3n) is 3.91. The normalized spacial score (nSPS) is 27.6. The predicted octanol–water partition coefficient (Wildman–Crippen LogP) is 3.38. The first-order chi connectivity index (χ1) is 9.22. The largest absolute Gasteiger partial charge is 0.379 e. The van der Waals surface area contributed by atoms with Crippen LogP contribution in [0.15, 0.2) is 0 Å². The second-order valence-electron chi connectivity index (χ2n) is 6.02. The maximum Gasteiger partial charge on any atom is 0.0810 e. The van der Waals surface area contributed by atoms with Gasteiger partial charge in [0.2, 0.25) is 0 Å². The Bertz CT molecular complexity index is 223. The summed E-state index contributed by atoms with van der Waals surface area (Å²) in [7, 11) is 0. The first-order valence-corrected chi connectivity index (χ1v) is 8.15. The van der Waals surface area contributed by atoms with Crippen molar-refractivity contribution in [3.8, 4) is 0 Å². The van der Waals surface area contributed by atoms with Crippen LogP contribution in [0.3, 0.4) is 0 Å². The Morgan fingerprint density at radius 1 is 1.16 bits per heavy atom. The van der Waals surface area contributed by atoms with E-state index in [-0.39, 0.29) is 5.60 Å². The summed E-state index contributed by atoms with van der Waals surface area (Å²) in [6, 6.07) is 0. The summed E-state index contributed by atoms with van der Waals surface area (Å²) in [4.78, 5) is 0. The van der Waals surface area contributed by atoms with Gasteiger partial charge in [-0.05, 0) is 38.1 Å². The molecule has 1 rings (SSSR count). The molecular formula is C16H33NO2. The molecule has 1 N–H and O–H groups in total. The summed E-state index contributed by atoms with van der Waals surface area (Å²) >= 11 is 0. The molecule has 1 fully saturated rings. The van der Waals surface area contributed by atoms with Gasteiger partial charge in [-0.3, -0.25) is 0 Å². The Labute approximate surface area is 119 Å². The molecule has 0 aromatic rings. The molecule has 114 valence electrons. The van der Waals surface area contributed by atoms with Gasteiger partial charge in [0.1, 0.15) is 0 Å². The molecule has 0 bridgehead atoms. The van der Waals surface area contributed by atoms with E-state index >= 15 is 0 Å². The maximum absolute atomic E-state index is 6.25. The van der Waals surface area contributed by atoms with Gasteiger partial charge in [-0.1, -0.05) is 33.6 Å². The molecule has 1 aliphatic rings. The number of hydrogen-bond acceptors (Lipinski definition) is 3. The molecule has 1 saturated carbocycles. The summed E-state index contributed by atoms with van der Waals surface area (Å²) in [5.41, 5.74) is 0.0579. The highest BCUT2D eigenvalue weighted by molar-refractivity contribution is 4.89. The van der Waals surface area contributed by atoms with E-state index in [2.05, 4.69) is 26.1 Å². The van der Waals surface area contributed by atoms with Crippen molar-refractivity contribution in [2.24, 2.45) is 5.92 Å². The number of hydrogen-bond donors (Lipinski definition) is 1. The lowest BCUT2D eigenvalue weighted by atomic mass is 9.78. The minimum Gasteiger partial charge on any atom is -0.379 e. The third kappa shape index (κ3) is 6.73. The van der Waals surface area contributed by atoms with Crippen molar-refractivity contribution in [2.45, 2.75) is 64.9 Å². The van der Waals surface area contributed by atoms with Crippen LogP contribution >= 0.6 is 0 Å². The van der Waals surface area contributed by atoms with Crippen molar-refractivity contribution < 1.29 is 9.47 Å². The van der Waals surface area contributed by atoms with Gasteiger partial charge in [-0.25, -0.2) is 0 Å². The van der Waals surface area contributed by atoms with Crippen molar-refractivity contribution in [1.29, 1.82) is 0 Å². The van der Waals surface area contributed by atoms with Crippen molar-refractivity contribution in [1.82, 2.24) is 5.32 Å². The van der Waals surface area contributed by atoms with Crippen LogP contribution in [0.2, 0.25) is 0 Å². The first kappa shape index (κ1) is 16.9. The lowest BCUT2D eigenvalue weighted by molar-refractivity contribution is -0.0950. The van der Waals surface area contributed by atoms with Crippen molar-refractivity contribution in [2.75, 3.05) is 32.9 Å². The van der Waals surface area contributed by atoms with Gasteiger partial charge in [0, 0.05) is 13.2 Å². The maximum atomic E-state index is 6.25.